The molecule has 1 fully saturated rings. The van der Waals surface area contributed by atoms with Crippen molar-refractivity contribution in [2.24, 2.45) is 0 Å². The molecule has 2 aromatic heterocycles. The van der Waals surface area contributed by atoms with Gasteiger partial charge in [0.25, 0.3) is 5.56 Å². The molecule has 0 atom stereocenters. The largest absolute Gasteiger partial charge is 0.379 e. The Morgan fingerprint density at radius 1 is 1.18 bits per heavy atom. The molecule has 9 heteroatoms. The van der Waals surface area contributed by atoms with Gasteiger partial charge in [-0.1, -0.05) is 18.2 Å². The van der Waals surface area contributed by atoms with Crippen LogP contribution in [0.3, 0.4) is 0 Å². The maximum Gasteiger partial charge on any atom is 0.273 e. The third-order valence-corrected chi connectivity index (χ3v) is 5.98. The van der Waals surface area contributed by atoms with Crippen LogP contribution < -0.4 is 10.9 Å². The van der Waals surface area contributed by atoms with Crippen LogP contribution in [-0.4, -0.2) is 69.5 Å². The molecule has 0 unspecified atom stereocenters. The van der Waals surface area contributed by atoms with Gasteiger partial charge in [0.2, 0.25) is 5.91 Å². The van der Waals surface area contributed by atoms with Crippen LogP contribution in [0.15, 0.2) is 35.1 Å². The van der Waals surface area contributed by atoms with Gasteiger partial charge in [-0.3, -0.25) is 19.1 Å². The number of hydrogen-bond acceptors (Lipinski definition) is 6. The topological polar surface area (TPSA) is 94.3 Å². The van der Waals surface area contributed by atoms with Gasteiger partial charge in [-0.15, -0.1) is 0 Å². The molecule has 3 heterocycles. The van der Waals surface area contributed by atoms with E-state index in [1.54, 1.807) is 9.25 Å². The van der Waals surface area contributed by atoms with Crippen molar-refractivity contribution < 1.29 is 9.53 Å². The number of para-hydroxylation sites is 1. The Labute approximate surface area is 193 Å². The summed E-state index contributed by atoms with van der Waals surface area (Å²) in [6.07, 6.45) is 1.44. The Balaban J connectivity index is 1.43. The van der Waals surface area contributed by atoms with Gasteiger partial charge in [0.15, 0.2) is 5.65 Å². The summed E-state index contributed by atoms with van der Waals surface area (Å²) in [7, 11) is 0. The molecule has 4 rings (SSSR count). The summed E-state index contributed by atoms with van der Waals surface area (Å²) in [4.78, 5) is 32.5. The molecule has 9 nitrogen and oxygen atoms in total. The summed E-state index contributed by atoms with van der Waals surface area (Å²) in [5, 5.41) is 7.60. The van der Waals surface area contributed by atoms with Gasteiger partial charge in [0, 0.05) is 39.0 Å². The zero-order chi connectivity index (χ0) is 23.2. The van der Waals surface area contributed by atoms with Crippen LogP contribution >= 0.6 is 0 Å². The second kappa shape index (κ2) is 10.7. The predicted octanol–water partition coefficient (Wildman–Crippen LogP) is 1.68. The third-order valence-electron chi connectivity index (χ3n) is 5.98. The maximum atomic E-state index is 13.2. The number of amides is 1. The highest BCUT2D eigenvalue weighted by atomic mass is 16.5. The zero-order valence-electron chi connectivity index (χ0n) is 19.4. The Kier molecular flexibility index (Phi) is 7.51. The molecule has 0 aliphatic carbocycles. The summed E-state index contributed by atoms with van der Waals surface area (Å²) in [6, 6.07) is 9.72. The molecule has 0 spiro atoms. The minimum absolute atomic E-state index is 0.0574. The van der Waals surface area contributed by atoms with Gasteiger partial charge < -0.3 is 10.1 Å². The Morgan fingerprint density at radius 3 is 2.67 bits per heavy atom. The lowest BCUT2D eigenvalue weighted by Gasteiger charge is -2.26. The number of rotatable bonds is 9. The summed E-state index contributed by atoms with van der Waals surface area (Å²) in [5.74, 6) is -0.0574. The van der Waals surface area contributed by atoms with E-state index in [2.05, 4.69) is 20.3 Å². The summed E-state index contributed by atoms with van der Waals surface area (Å²) >= 11 is 0. The Morgan fingerprint density at radius 2 is 1.94 bits per heavy atom. The quantitative estimate of drug-likeness (QED) is 0.497. The number of carbonyl (C=O) groups is 1. The number of hydrogen-bond donors (Lipinski definition) is 1. The SMILES string of the molecule is CCn1c(=O)c(CCC(=O)NCCCN2CCOCC2)nc2c(C)nn(-c3ccccc3)c21. The van der Waals surface area contributed by atoms with Gasteiger partial charge in [0.05, 0.1) is 24.6 Å². The maximum absolute atomic E-state index is 13.2. The highest BCUT2D eigenvalue weighted by Gasteiger charge is 2.19. The molecule has 0 radical (unpaired) electrons. The molecule has 1 aliphatic heterocycles. The third kappa shape index (κ3) is 5.31. The smallest absolute Gasteiger partial charge is 0.273 e. The van der Waals surface area contributed by atoms with E-state index in [0.29, 0.717) is 36.4 Å². The molecule has 0 bridgehead atoms. The van der Waals surface area contributed by atoms with Crippen LogP contribution in [0.1, 0.15) is 31.2 Å². The van der Waals surface area contributed by atoms with Gasteiger partial charge >= 0.3 is 0 Å². The first-order chi connectivity index (χ1) is 16.1. The highest BCUT2D eigenvalue weighted by molar-refractivity contribution is 5.77. The molecule has 1 amide bonds. The van der Waals surface area contributed by atoms with Crippen molar-refractivity contribution in [3.05, 3.63) is 52.1 Å². The summed E-state index contributed by atoms with van der Waals surface area (Å²) in [6.45, 7) is 9.37. The molecule has 33 heavy (non-hydrogen) atoms. The number of fused-ring (bicyclic) bond motifs is 1. The first kappa shape index (κ1) is 23.1. The molecule has 1 aromatic carbocycles. The highest BCUT2D eigenvalue weighted by Crippen LogP contribution is 2.19. The van der Waals surface area contributed by atoms with E-state index in [4.69, 9.17) is 4.74 Å². The van der Waals surface area contributed by atoms with Crippen LogP contribution in [0.25, 0.3) is 16.9 Å². The molecule has 176 valence electrons. The average Bonchev–Trinajstić information content (AvgIpc) is 3.17. The molecule has 1 aliphatic rings. The van der Waals surface area contributed by atoms with Crippen molar-refractivity contribution in [1.82, 2.24) is 29.5 Å². The lowest BCUT2D eigenvalue weighted by molar-refractivity contribution is -0.121. The Hall–Kier alpha value is -3.04. The van der Waals surface area contributed by atoms with Crippen LogP contribution in [-0.2, 0) is 22.5 Å². The van der Waals surface area contributed by atoms with Crippen LogP contribution in [0.5, 0.6) is 0 Å². The van der Waals surface area contributed by atoms with Crippen molar-refractivity contribution in [3.8, 4) is 5.69 Å². The first-order valence-electron chi connectivity index (χ1n) is 11.7. The summed E-state index contributed by atoms with van der Waals surface area (Å²) < 4.78 is 8.82. The van der Waals surface area contributed by atoms with E-state index < -0.39 is 0 Å². The van der Waals surface area contributed by atoms with Crippen molar-refractivity contribution in [2.75, 3.05) is 39.4 Å². The van der Waals surface area contributed by atoms with E-state index in [1.807, 2.05) is 44.2 Å². The zero-order valence-corrected chi connectivity index (χ0v) is 19.4. The van der Waals surface area contributed by atoms with Gasteiger partial charge in [-0.05, 0) is 38.9 Å². The van der Waals surface area contributed by atoms with E-state index in [9.17, 15) is 9.59 Å². The van der Waals surface area contributed by atoms with Crippen LogP contribution in [0, 0.1) is 6.92 Å². The van der Waals surface area contributed by atoms with Crippen molar-refractivity contribution in [3.63, 3.8) is 0 Å². The second-order valence-electron chi connectivity index (χ2n) is 8.27. The number of nitrogens with zero attached hydrogens (tertiary/aromatic N) is 5. The summed E-state index contributed by atoms with van der Waals surface area (Å²) in [5.41, 5.74) is 3.25. The fourth-order valence-corrected chi connectivity index (χ4v) is 4.20. The number of benzene rings is 1. The fourth-order valence-electron chi connectivity index (χ4n) is 4.20. The minimum Gasteiger partial charge on any atom is -0.379 e. The number of aromatic nitrogens is 4. The van der Waals surface area contributed by atoms with Gasteiger partial charge in [-0.25, -0.2) is 9.67 Å². The monoisotopic (exact) mass is 452 g/mol. The molecule has 0 saturated carbocycles. The molecular weight excluding hydrogens is 420 g/mol. The van der Waals surface area contributed by atoms with E-state index in [1.165, 1.54) is 0 Å². The number of nitrogens with one attached hydrogen (secondary N) is 1. The molecular formula is C24H32N6O3. The van der Waals surface area contributed by atoms with Crippen molar-refractivity contribution in [2.45, 2.75) is 39.7 Å². The van der Waals surface area contributed by atoms with Gasteiger partial charge in [0.1, 0.15) is 11.2 Å². The number of carbonyl (C=O) groups excluding carboxylic acids is 1. The molecule has 3 aromatic rings. The van der Waals surface area contributed by atoms with Crippen molar-refractivity contribution >= 4 is 17.1 Å². The normalized spacial score (nSPS) is 14.6. The lowest BCUT2D eigenvalue weighted by atomic mass is 10.2. The standard InChI is InChI=1S/C24H32N6O3/c1-3-29-23-22(18(2)27-30(23)19-8-5-4-6-9-19)26-20(24(29)32)10-11-21(31)25-12-7-13-28-14-16-33-17-15-28/h4-6,8-9H,3,7,10-17H2,1-2H3,(H,25,31). The van der Waals surface area contributed by atoms with Crippen LogP contribution in [0.4, 0.5) is 0 Å². The number of aryl methyl sites for hydroxylation is 3. The number of ether oxygens (including phenoxy) is 1. The van der Waals surface area contributed by atoms with Crippen LogP contribution in [0.2, 0.25) is 0 Å². The van der Waals surface area contributed by atoms with E-state index in [-0.39, 0.29) is 17.9 Å². The lowest BCUT2D eigenvalue weighted by Crippen LogP contribution is -2.38. The average molecular weight is 453 g/mol. The molecule has 1 saturated heterocycles. The second-order valence-corrected chi connectivity index (χ2v) is 8.27. The van der Waals surface area contributed by atoms with E-state index >= 15 is 0 Å². The number of morpholine rings is 1. The molecule has 1 N–H and O–H groups in total. The first-order valence-corrected chi connectivity index (χ1v) is 11.7. The predicted molar refractivity (Wildman–Crippen MR) is 127 cm³/mol. The van der Waals surface area contributed by atoms with Crippen molar-refractivity contribution in [1.29, 1.82) is 0 Å². The van der Waals surface area contributed by atoms with E-state index in [0.717, 1.165) is 50.7 Å². The van der Waals surface area contributed by atoms with Gasteiger partial charge in [-0.2, -0.15) is 5.10 Å². The minimum atomic E-state index is -0.165. The Bertz CT molecular complexity index is 1150. The fraction of sp³-hybridized carbons (Fsp3) is 0.500.